The number of nitrogens with one attached hydrogen (secondary N) is 1. The first-order valence-electron chi connectivity index (χ1n) is 6.55. The fraction of sp³-hybridized carbons (Fsp3) is 0.0625. The van der Waals surface area contributed by atoms with E-state index >= 15 is 0 Å². The van der Waals surface area contributed by atoms with E-state index in [4.69, 9.17) is 5.11 Å². The van der Waals surface area contributed by atoms with Crippen LogP contribution in [0, 0.1) is 0 Å². The number of halogens is 3. The van der Waals surface area contributed by atoms with Gasteiger partial charge in [-0.25, -0.2) is 4.79 Å². The minimum Gasteiger partial charge on any atom is -0.478 e. The molecule has 5 nitrogen and oxygen atoms in total. The molecule has 0 aliphatic rings. The van der Waals surface area contributed by atoms with Gasteiger partial charge in [0, 0.05) is 0 Å². The number of carbonyl (C=O) groups is 2. The number of aromatic nitrogens is 1. The van der Waals surface area contributed by atoms with Gasteiger partial charge in [-0.1, -0.05) is 18.2 Å². The first-order chi connectivity index (χ1) is 11.2. The van der Waals surface area contributed by atoms with Crippen molar-refractivity contribution < 1.29 is 27.9 Å². The van der Waals surface area contributed by atoms with E-state index in [0.717, 1.165) is 12.1 Å². The van der Waals surface area contributed by atoms with Crippen molar-refractivity contribution >= 4 is 17.8 Å². The van der Waals surface area contributed by atoms with Gasteiger partial charge >= 0.3 is 12.1 Å². The molecule has 2 N–H and O–H groups in total. The Balaban J connectivity index is 2.25. The summed E-state index contributed by atoms with van der Waals surface area (Å²) in [6.45, 7) is 0. The molecule has 0 aliphatic carbocycles. The Bertz CT molecular complexity index is 881. The summed E-state index contributed by atoms with van der Waals surface area (Å²) in [6, 6.07) is 7.08. The Morgan fingerprint density at radius 3 is 2.42 bits per heavy atom. The summed E-state index contributed by atoms with van der Waals surface area (Å²) in [7, 11) is 0. The zero-order chi connectivity index (χ0) is 17.9. The third kappa shape index (κ3) is 3.97. The molecule has 0 amide bonds. The molecule has 24 heavy (non-hydrogen) atoms. The average Bonchev–Trinajstić information content (AvgIpc) is 2.52. The van der Waals surface area contributed by atoms with Crippen LogP contribution >= 0.6 is 0 Å². The van der Waals surface area contributed by atoms with Gasteiger partial charge in [0.15, 0.2) is 5.78 Å². The van der Waals surface area contributed by atoms with Crippen molar-refractivity contribution in [1.29, 1.82) is 0 Å². The number of H-pyrrole nitrogens is 1. The Morgan fingerprint density at radius 1 is 1.12 bits per heavy atom. The van der Waals surface area contributed by atoms with Crippen molar-refractivity contribution in [3.8, 4) is 0 Å². The number of carboxylic acid groups (broad SMARTS) is 1. The van der Waals surface area contributed by atoms with Gasteiger partial charge in [-0.3, -0.25) is 9.59 Å². The number of carbonyl (C=O) groups excluding carboxylic acids is 1. The first-order valence-corrected chi connectivity index (χ1v) is 6.55. The topological polar surface area (TPSA) is 87.2 Å². The smallest absolute Gasteiger partial charge is 0.431 e. The van der Waals surface area contributed by atoms with E-state index in [-0.39, 0.29) is 5.56 Å². The average molecular weight is 337 g/mol. The summed E-state index contributed by atoms with van der Waals surface area (Å²) >= 11 is 0. The molecule has 2 rings (SSSR count). The monoisotopic (exact) mass is 337 g/mol. The van der Waals surface area contributed by atoms with Gasteiger partial charge in [0.05, 0.1) is 11.1 Å². The number of hydrogen-bond donors (Lipinski definition) is 2. The second-order valence-electron chi connectivity index (χ2n) is 4.74. The van der Waals surface area contributed by atoms with Crippen LogP contribution in [0.3, 0.4) is 0 Å². The molecule has 0 saturated heterocycles. The second kappa shape index (κ2) is 6.53. The lowest BCUT2D eigenvalue weighted by Crippen LogP contribution is -2.21. The van der Waals surface area contributed by atoms with Crippen molar-refractivity contribution in [2.24, 2.45) is 0 Å². The Kier molecular flexibility index (Phi) is 4.68. The minimum absolute atomic E-state index is 0.0111. The fourth-order valence-corrected chi connectivity index (χ4v) is 1.87. The van der Waals surface area contributed by atoms with Gasteiger partial charge in [0.25, 0.3) is 5.56 Å². The SMILES string of the molecule is O=C(O)c1cccc(C=CC(=O)c2ccc(C(F)(F)F)[nH]c2=O)c1. The molecule has 0 fully saturated rings. The Hall–Kier alpha value is -3.16. The van der Waals surface area contributed by atoms with Crippen LogP contribution in [-0.4, -0.2) is 21.8 Å². The van der Waals surface area contributed by atoms with E-state index in [0.29, 0.717) is 11.6 Å². The number of alkyl halides is 3. The Labute approximate surface area is 133 Å². The summed E-state index contributed by atoms with van der Waals surface area (Å²) in [5, 5.41) is 8.86. The van der Waals surface area contributed by atoms with Crippen molar-refractivity contribution in [3.05, 3.63) is 75.2 Å². The molecule has 2 aromatic rings. The molecule has 0 aliphatic heterocycles. The normalized spacial score (nSPS) is 11.6. The number of rotatable bonds is 4. The number of aromatic amines is 1. The van der Waals surface area contributed by atoms with Crippen molar-refractivity contribution in [2.45, 2.75) is 6.18 Å². The van der Waals surface area contributed by atoms with Crippen LogP contribution in [0.2, 0.25) is 0 Å². The molecule has 124 valence electrons. The summed E-state index contributed by atoms with van der Waals surface area (Å²) in [6.07, 6.45) is -2.46. The van der Waals surface area contributed by atoms with Gasteiger partial charge in [-0.15, -0.1) is 0 Å². The van der Waals surface area contributed by atoms with E-state index in [9.17, 15) is 27.6 Å². The molecule has 1 aromatic heterocycles. The van der Waals surface area contributed by atoms with Crippen LogP contribution in [-0.2, 0) is 6.18 Å². The number of aromatic carboxylic acids is 1. The van der Waals surface area contributed by atoms with E-state index in [2.05, 4.69) is 0 Å². The zero-order valence-corrected chi connectivity index (χ0v) is 11.9. The number of allylic oxidation sites excluding steroid dienone is 1. The molecule has 0 unspecified atom stereocenters. The van der Waals surface area contributed by atoms with E-state index in [1.54, 1.807) is 4.98 Å². The van der Waals surface area contributed by atoms with Crippen LogP contribution in [0.25, 0.3) is 6.08 Å². The molecule has 1 aromatic carbocycles. The number of pyridine rings is 1. The summed E-state index contributed by atoms with van der Waals surface area (Å²) < 4.78 is 37.4. The van der Waals surface area contributed by atoms with E-state index in [1.807, 2.05) is 0 Å². The molecular formula is C16H10F3NO4. The maximum Gasteiger partial charge on any atom is 0.431 e. The van der Waals surface area contributed by atoms with Crippen molar-refractivity contribution in [1.82, 2.24) is 4.98 Å². The molecule has 0 bridgehead atoms. The predicted molar refractivity (Wildman–Crippen MR) is 78.8 cm³/mol. The van der Waals surface area contributed by atoms with E-state index in [1.165, 1.54) is 30.3 Å². The summed E-state index contributed by atoms with van der Waals surface area (Å²) in [5.41, 5.74) is -2.45. The predicted octanol–water partition coefficient (Wildman–Crippen LogP) is 2.99. The quantitative estimate of drug-likeness (QED) is 0.663. The molecule has 0 spiro atoms. The summed E-state index contributed by atoms with van der Waals surface area (Å²) in [4.78, 5) is 36.0. The van der Waals surface area contributed by atoms with Gasteiger partial charge in [-0.05, 0) is 35.9 Å². The lowest BCUT2D eigenvalue weighted by Gasteiger charge is -2.06. The number of hydrogen-bond acceptors (Lipinski definition) is 3. The number of carboxylic acids is 1. The maximum absolute atomic E-state index is 12.5. The lowest BCUT2D eigenvalue weighted by molar-refractivity contribution is -0.141. The van der Waals surface area contributed by atoms with E-state index < -0.39 is 34.7 Å². The maximum atomic E-state index is 12.5. The van der Waals surface area contributed by atoms with Gasteiger partial charge < -0.3 is 10.1 Å². The van der Waals surface area contributed by atoms with Crippen LogP contribution in [0.15, 0.2) is 47.3 Å². The molecule has 0 atom stereocenters. The highest BCUT2D eigenvalue weighted by atomic mass is 19.4. The zero-order valence-electron chi connectivity index (χ0n) is 11.9. The second-order valence-corrected chi connectivity index (χ2v) is 4.74. The molecular weight excluding hydrogens is 327 g/mol. The molecule has 1 heterocycles. The van der Waals surface area contributed by atoms with Crippen LogP contribution < -0.4 is 5.56 Å². The van der Waals surface area contributed by atoms with Crippen LogP contribution in [0.1, 0.15) is 32.0 Å². The number of benzene rings is 1. The number of ketones is 1. The first kappa shape index (κ1) is 17.2. The summed E-state index contributed by atoms with van der Waals surface area (Å²) in [5.74, 6) is -1.94. The van der Waals surface area contributed by atoms with Crippen molar-refractivity contribution in [3.63, 3.8) is 0 Å². The highest BCUT2D eigenvalue weighted by Crippen LogP contribution is 2.26. The standard InChI is InChI=1S/C16H10F3NO4/c17-16(18,19)13-7-5-11(14(22)20-13)12(21)6-4-9-2-1-3-10(8-9)15(23)24/h1-8H,(H,20,22)(H,23,24). The lowest BCUT2D eigenvalue weighted by atomic mass is 10.1. The molecule has 8 heteroatoms. The fourth-order valence-electron chi connectivity index (χ4n) is 1.87. The van der Waals surface area contributed by atoms with Crippen LogP contribution in [0.5, 0.6) is 0 Å². The largest absolute Gasteiger partial charge is 0.478 e. The third-order valence-corrected chi connectivity index (χ3v) is 3.04. The Morgan fingerprint density at radius 2 is 1.83 bits per heavy atom. The highest BCUT2D eigenvalue weighted by Gasteiger charge is 2.32. The molecule has 0 saturated carbocycles. The van der Waals surface area contributed by atoms with Crippen molar-refractivity contribution in [2.75, 3.05) is 0 Å². The molecule has 0 radical (unpaired) electrons. The minimum atomic E-state index is -4.71. The third-order valence-electron chi connectivity index (χ3n) is 3.04. The van der Waals surface area contributed by atoms with Gasteiger partial charge in [-0.2, -0.15) is 13.2 Å². The highest BCUT2D eigenvalue weighted by molar-refractivity contribution is 6.06. The van der Waals surface area contributed by atoms with Gasteiger partial charge in [0.2, 0.25) is 0 Å². The van der Waals surface area contributed by atoms with Crippen LogP contribution in [0.4, 0.5) is 13.2 Å². The van der Waals surface area contributed by atoms with Gasteiger partial charge in [0.1, 0.15) is 5.69 Å².